The molecule has 2 aliphatic rings. The highest BCUT2D eigenvalue weighted by Crippen LogP contribution is 2.53. The Balaban J connectivity index is 1.49. The maximum absolute atomic E-state index is 14.1. The zero-order valence-corrected chi connectivity index (χ0v) is 21.9. The minimum atomic E-state index is -4.35. The molecular weight excluding hydrogens is 519 g/mol. The van der Waals surface area contributed by atoms with Crippen LogP contribution in [0, 0.1) is 5.92 Å². The average Bonchev–Trinajstić information content (AvgIpc) is 3.39. The van der Waals surface area contributed by atoms with Crippen LogP contribution in [-0.2, 0) is 34.8 Å². The van der Waals surface area contributed by atoms with Crippen LogP contribution in [0.3, 0.4) is 0 Å². The smallest absolute Gasteiger partial charge is 0.457 e. The number of carbonyl (C=O) groups excluding carboxylic acids is 2. The zero-order chi connectivity index (χ0) is 27.1. The molecule has 0 radical (unpaired) electrons. The van der Waals surface area contributed by atoms with Gasteiger partial charge < -0.3 is 23.0 Å². The second kappa shape index (κ2) is 12.0. The van der Waals surface area contributed by atoms with Crippen molar-refractivity contribution in [1.82, 2.24) is 0 Å². The van der Waals surface area contributed by atoms with Crippen molar-refractivity contribution in [3.05, 3.63) is 120 Å². The Bertz CT molecular complexity index is 1360. The number of cyclic esters (lactones) is 1. The fraction of sp³-hybridized carbons (Fsp3) is 0.200. The first-order valence-corrected chi connectivity index (χ1v) is 14.1. The molecule has 0 saturated heterocycles. The monoisotopic (exact) mass is 546 g/mol. The van der Waals surface area contributed by atoms with Crippen LogP contribution in [0.4, 0.5) is 0 Å². The van der Waals surface area contributed by atoms with E-state index in [1.807, 2.05) is 30.3 Å². The third-order valence-electron chi connectivity index (χ3n) is 6.24. The van der Waals surface area contributed by atoms with Crippen LogP contribution in [0.5, 0.6) is 11.5 Å². The number of hydrogen-bond acceptors (Lipinski definition) is 8. The highest BCUT2D eigenvalue weighted by atomic mass is 31.2. The Morgan fingerprint density at radius 3 is 2.00 bits per heavy atom. The molecule has 3 aromatic carbocycles. The van der Waals surface area contributed by atoms with Gasteiger partial charge in [-0.25, -0.2) is 9.59 Å². The van der Waals surface area contributed by atoms with E-state index in [9.17, 15) is 14.2 Å². The number of ether oxygens (including phenoxy) is 2. The lowest BCUT2D eigenvalue weighted by Gasteiger charge is -2.31. The molecule has 0 saturated carbocycles. The van der Waals surface area contributed by atoms with Crippen LogP contribution in [0.25, 0.3) is 0 Å². The molecule has 1 heterocycles. The zero-order valence-electron chi connectivity index (χ0n) is 21.0. The number of para-hydroxylation sites is 2. The second-order valence-electron chi connectivity index (χ2n) is 9.01. The predicted octanol–water partition coefficient (Wildman–Crippen LogP) is 6.55. The van der Waals surface area contributed by atoms with E-state index in [1.165, 1.54) is 6.08 Å². The molecule has 0 amide bonds. The number of esters is 2. The molecule has 9 heteroatoms. The molecule has 200 valence electrons. The molecule has 8 nitrogen and oxygen atoms in total. The SMILES string of the molecule is O=C1C=C[C@H]([C@H]2CCCC(OP(=O)(Oc3ccccc3)Oc3ccccc3)=C2C(=O)OCc2ccccc2)O1. The predicted molar refractivity (Wildman–Crippen MR) is 142 cm³/mol. The van der Waals surface area contributed by atoms with Gasteiger partial charge in [0.25, 0.3) is 0 Å². The maximum atomic E-state index is 14.1. The van der Waals surface area contributed by atoms with Gasteiger partial charge >= 0.3 is 19.8 Å². The lowest BCUT2D eigenvalue weighted by molar-refractivity contribution is -0.145. The summed E-state index contributed by atoms with van der Waals surface area (Å²) in [4.78, 5) is 25.4. The number of rotatable bonds is 10. The summed E-state index contributed by atoms with van der Waals surface area (Å²) in [6.45, 7) is 0.0299. The van der Waals surface area contributed by atoms with Crippen LogP contribution < -0.4 is 9.05 Å². The van der Waals surface area contributed by atoms with Gasteiger partial charge in [0.05, 0.1) is 5.57 Å². The Morgan fingerprint density at radius 1 is 0.846 bits per heavy atom. The molecule has 0 spiro atoms. The van der Waals surface area contributed by atoms with Gasteiger partial charge in [-0.2, -0.15) is 4.57 Å². The first-order valence-electron chi connectivity index (χ1n) is 12.6. The minimum Gasteiger partial charge on any atom is -0.457 e. The van der Waals surface area contributed by atoms with E-state index in [4.69, 9.17) is 23.0 Å². The molecule has 3 aromatic rings. The standard InChI is InChI=1S/C30H27O8P/c31-28-20-19-26(35-28)25-17-10-18-27(29(25)30(32)34-21-22-11-4-1-5-12-22)38-39(33,36-23-13-6-2-7-14-23)37-24-15-8-3-9-16-24/h1-9,11-16,19-20,25-26H,10,17-18,21H2/t25-,26-/m1/s1. The van der Waals surface area contributed by atoms with Crippen LogP contribution >= 0.6 is 7.82 Å². The minimum absolute atomic E-state index is 0.0299. The molecular formula is C30H27O8P. The van der Waals surface area contributed by atoms with Crippen molar-refractivity contribution in [1.29, 1.82) is 0 Å². The van der Waals surface area contributed by atoms with Crippen molar-refractivity contribution in [3.63, 3.8) is 0 Å². The van der Waals surface area contributed by atoms with Gasteiger partial charge in [-0.1, -0.05) is 66.7 Å². The fourth-order valence-corrected chi connectivity index (χ4v) is 5.80. The van der Waals surface area contributed by atoms with Crippen molar-refractivity contribution in [2.24, 2.45) is 5.92 Å². The van der Waals surface area contributed by atoms with Gasteiger partial charge in [0.2, 0.25) is 0 Å². The lowest BCUT2D eigenvalue weighted by Crippen LogP contribution is -2.31. The number of carbonyl (C=O) groups is 2. The first-order chi connectivity index (χ1) is 19.0. The Hall–Kier alpha value is -4.29. The second-order valence-corrected chi connectivity index (χ2v) is 10.4. The van der Waals surface area contributed by atoms with E-state index in [2.05, 4.69) is 0 Å². The van der Waals surface area contributed by atoms with Gasteiger partial charge in [0, 0.05) is 18.4 Å². The van der Waals surface area contributed by atoms with E-state index in [-0.39, 0.29) is 35.9 Å². The summed E-state index contributed by atoms with van der Waals surface area (Å²) in [7, 11) is -4.35. The molecule has 39 heavy (non-hydrogen) atoms. The average molecular weight is 547 g/mol. The lowest BCUT2D eigenvalue weighted by atomic mass is 9.82. The highest BCUT2D eigenvalue weighted by Gasteiger charge is 2.42. The Labute approximate surface area is 226 Å². The third-order valence-corrected chi connectivity index (χ3v) is 7.55. The summed E-state index contributed by atoms with van der Waals surface area (Å²) in [5, 5.41) is 0. The van der Waals surface area contributed by atoms with E-state index in [0.717, 1.165) is 5.56 Å². The van der Waals surface area contributed by atoms with Crippen LogP contribution in [0.2, 0.25) is 0 Å². The van der Waals surface area contributed by atoms with Crippen molar-refractivity contribution in [2.75, 3.05) is 0 Å². The number of phosphoric ester groups is 1. The van der Waals surface area contributed by atoms with E-state index >= 15 is 0 Å². The molecule has 0 unspecified atom stereocenters. The normalized spacial score (nSPS) is 18.8. The quantitative estimate of drug-likeness (QED) is 0.209. The molecule has 0 aromatic heterocycles. The third kappa shape index (κ3) is 6.78. The van der Waals surface area contributed by atoms with Crippen molar-refractivity contribution >= 4 is 19.8 Å². The topological polar surface area (TPSA) is 97.4 Å². The summed E-state index contributed by atoms with van der Waals surface area (Å²) in [5.74, 6) is -1.04. The van der Waals surface area contributed by atoms with E-state index in [1.54, 1.807) is 66.7 Å². The summed E-state index contributed by atoms with van der Waals surface area (Å²) in [6, 6.07) is 26.2. The highest BCUT2D eigenvalue weighted by molar-refractivity contribution is 7.49. The maximum Gasteiger partial charge on any atom is 0.646 e. The molecule has 1 aliphatic carbocycles. The molecule has 1 aliphatic heterocycles. The molecule has 0 fully saturated rings. The fourth-order valence-electron chi connectivity index (χ4n) is 4.47. The van der Waals surface area contributed by atoms with Gasteiger partial charge in [0.15, 0.2) is 0 Å². The van der Waals surface area contributed by atoms with Gasteiger partial charge in [-0.15, -0.1) is 0 Å². The summed E-state index contributed by atoms with van der Waals surface area (Å²) in [6.07, 6.45) is 3.68. The van der Waals surface area contributed by atoms with E-state index < -0.39 is 31.8 Å². The van der Waals surface area contributed by atoms with Gasteiger partial charge in [0.1, 0.15) is 30.0 Å². The molecule has 2 atom stereocenters. The van der Waals surface area contributed by atoms with Crippen LogP contribution in [-0.4, -0.2) is 18.0 Å². The van der Waals surface area contributed by atoms with Crippen LogP contribution in [0.15, 0.2) is 114 Å². The largest absolute Gasteiger partial charge is 0.646 e. The molecule has 0 N–H and O–H groups in total. The number of hydrogen-bond donors (Lipinski definition) is 0. The number of phosphoric acid groups is 1. The van der Waals surface area contributed by atoms with Crippen molar-refractivity contribution in [2.45, 2.75) is 32.0 Å². The molecule has 5 rings (SSSR count). The van der Waals surface area contributed by atoms with Gasteiger partial charge in [-0.05, 0) is 48.7 Å². The number of allylic oxidation sites excluding steroid dienone is 1. The first kappa shape index (κ1) is 26.3. The molecule has 0 bridgehead atoms. The Morgan fingerprint density at radius 2 is 1.44 bits per heavy atom. The van der Waals surface area contributed by atoms with Gasteiger partial charge in [-0.3, -0.25) is 0 Å². The van der Waals surface area contributed by atoms with Crippen LogP contribution in [0.1, 0.15) is 24.8 Å². The van der Waals surface area contributed by atoms with Crippen molar-refractivity contribution in [3.8, 4) is 11.5 Å². The summed E-state index contributed by atoms with van der Waals surface area (Å²) < 4.78 is 42.7. The van der Waals surface area contributed by atoms with E-state index in [0.29, 0.717) is 12.8 Å². The van der Waals surface area contributed by atoms with Crippen molar-refractivity contribution < 1.29 is 37.2 Å². The summed E-state index contributed by atoms with van der Waals surface area (Å²) in [5.41, 5.74) is 0.953. The number of benzene rings is 3. The Kier molecular flexibility index (Phi) is 8.13. The summed E-state index contributed by atoms with van der Waals surface area (Å²) >= 11 is 0.